The van der Waals surface area contributed by atoms with Crippen molar-refractivity contribution in [3.8, 4) is 11.8 Å². The van der Waals surface area contributed by atoms with Crippen LogP contribution in [0.1, 0.15) is 57.5 Å². The van der Waals surface area contributed by atoms with Gasteiger partial charge in [0.1, 0.15) is 6.07 Å². The van der Waals surface area contributed by atoms with Crippen LogP contribution >= 0.6 is 0 Å². The van der Waals surface area contributed by atoms with Crippen LogP contribution in [0.25, 0.3) is 0 Å². The number of nitrogens with zero attached hydrogens (tertiary/aromatic N) is 2. The van der Waals surface area contributed by atoms with Crippen LogP contribution in [0, 0.1) is 11.3 Å². The summed E-state index contributed by atoms with van der Waals surface area (Å²) >= 11 is 0. The average molecular weight is 244 g/mol. The summed E-state index contributed by atoms with van der Waals surface area (Å²) in [7, 11) is 1.60. The van der Waals surface area contributed by atoms with E-state index < -0.39 is 0 Å². The molecule has 0 amide bonds. The van der Waals surface area contributed by atoms with Crippen LogP contribution in [-0.2, 0) is 10.8 Å². The minimum absolute atomic E-state index is 0.0557. The van der Waals surface area contributed by atoms with Crippen molar-refractivity contribution in [1.29, 1.82) is 5.26 Å². The Kier molecular flexibility index (Phi) is 2.85. The van der Waals surface area contributed by atoms with Crippen molar-refractivity contribution in [2.75, 3.05) is 7.11 Å². The Hall–Kier alpha value is -1.56. The number of aromatic nitrogens is 1. The van der Waals surface area contributed by atoms with Crippen molar-refractivity contribution in [2.24, 2.45) is 0 Å². The molecule has 0 aliphatic heterocycles. The minimum Gasteiger partial charge on any atom is -0.493 e. The number of hydrogen-bond donors (Lipinski definition) is 0. The van der Waals surface area contributed by atoms with Crippen molar-refractivity contribution >= 4 is 0 Å². The molecule has 0 unspecified atom stereocenters. The Balaban J connectivity index is 2.66. The van der Waals surface area contributed by atoms with Crippen LogP contribution in [0.5, 0.6) is 5.75 Å². The molecule has 0 aromatic carbocycles. The van der Waals surface area contributed by atoms with E-state index in [4.69, 9.17) is 4.74 Å². The van der Waals surface area contributed by atoms with Crippen molar-refractivity contribution in [2.45, 2.75) is 51.4 Å². The third kappa shape index (κ3) is 2.08. The first-order valence-electron chi connectivity index (χ1n) is 6.32. The van der Waals surface area contributed by atoms with Gasteiger partial charge in [-0.3, -0.25) is 0 Å². The third-order valence-electron chi connectivity index (χ3n) is 3.71. The Morgan fingerprint density at radius 3 is 2.39 bits per heavy atom. The molecule has 0 atom stereocenters. The lowest BCUT2D eigenvalue weighted by Gasteiger charge is -2.24. The number of nitriles is 1. The maximum Gasteiger partial charge on any atom is 0.183 e. The number of ether oxygens (including phenoxy) is 1. The van der Waals surface area contributed by atoms with E-state index in [0.717, 1.165) is 24.1 Å². The zero-order valence-corrected chi connectivity index (χ0v) is 11.8. The molecule has 1 aromatic heterocycles. The number of hydrogen-bond acceptors (Lipinski definition) is 3. The van der Waals surface area contributed by atoms with Crippen molar-refractivity contribution < 1.29 is 4.74 Å². The van der Waals surface area contributed by atoms with Gasteiger partial charge in [0.05, 0.1) is 7.11 Å². The molecule has 0 radical (unpaired) electrons. The van der Waals surface area contributed by atoms with E-state index in [-0.39, 0.29) is 10.8 Å². The molecular formula is C15H20N2O. The van der Waals surface area contributed by atoms with E-state index in [0.29, 0.717) is 11.4 Å². The van der Waals surface area contributed by atoms with E-state index in [9.17, 15) is 5.26 Å². The van der Waals surface area contributed by atoms with Crippen LogP contribution in [-0.4, -0.2) is 12.1 Å². The van der Waals surface area contributed by atoms with Crippen molar-refractivity contribution in [3.05, 3.63) is 23.0 Å². The normalized spacial score (nSPS) is 17.1. The largest absolute Gasteiger partial charge is 0.493 e. The molecule has 0 saturated heterocycles. The summed E-state index contributed by atoms with van der Waals surface area (Å²) in [5, 5.41) is 9.26. The van der Waals surface area contributed by atoms with Crippen LogP contribution < -0.4 is 4.74 Å². The summed E-state index contributed by atoms with van der Waals surface area (Å²) in [5.74, 6) is 0.623. The first kappa shape index (κ1) is 12.9. The first-order valence-corrected chi connectivity index (χ1v) is 6.32. The highest BCUT2D eigenvalue weighted by Gasteiger charge is 2.42. The van der Waals surface area contributed by atoms with Crippen LogP contribution in [0.15, 0.2) is 6.07 Å². The molecule has 1 heterocycles. The zero-order chi connectivity index (χ0) is 13.6. The summed E-state index contributed by atoms with van der Waals surface area (Å²) in [6.45, 7) is 8.59. The van der Waals surface area contributed by atoms with Crippen molar-refractivity contribution in [3.63, 3.8) is 0 Å². The smallest absolute Gasteiger partial charge is 0.183 e. The highest BCUT2D eigenvalue weighted by molar-refractivity contribution is 5.50. The van der Waals surface area contributed by atoms with Gasteiger partial charge in [0.2, 0.25) is 0 Å². The SMILES string of the molecule is COc1c(C(C)(C)C)cc(C2(C)CC2)nc1C#N. The lowest BCUT2D eigenvalue weighted by molar-refractivity contribution is 0.393. The monoisotopic (exact) mass is 244 g/mol. The van der Waals surface area contributed by atoms with Gasteiger partial charge >= 0.3 is 0 Å². The number of pyridine rings is 1. The summed E-state index contributed by atoms with van der Waals surface area (Å²) in [6.07, 6.45) is 2.31. The number of rotatable bonds is 2. The van der Waals surface area contributed by atoms with Gasteiger partial charge in [-0.25, -0.2) is 4.98 Å². The lowest BCUT2D eigenvalue weighted by atomic mass is 9.84. The zero-order valence-electron chi connectivity index (χ0n) is 11.8. The van der Waals surface area contributed by atoms with Crippen LogP contribution in [0.2, 0.25) is 0 Å². The van der Waals surface area contributed by atoms with Gasteiger partial charge in [0.15, 0.2) is 11.4 Å². The fourth-order valence-electron chi connectivity index (χ4n) is 2.13. The fraction of sp³-hybridized carbons (Fsp3) is 0.600. The van der Waals surface area contributed by atoms with E-state index in [1.165, 1.54) is 0 Å². The predicted octanol–water partition coefficient (Wildman–Crippen LogP) is 3.31. The second kappa shape index (κ2) is 3.98. The van der Waals surface area contributed by atoms with Gasteiger partial charge in [-0.2, -0.15) is 5.26 Å². The molecule has 1 fully saturated rings. The molecule has 1 aliphatic rings. The molecule has 0 N–H and O–H groups in total. The summed E-state index contributed by atoms with van der Waals surface area (Å²) in [6, 6.07) is 4.28. The topological polar surface area (TPSA) is 45.9 Å². The van der Waals surface area contributed by atoms with E-state index in [1.807, 2.05) is 0 Å². The van der Waals surface area contributed by atoms with Crippen LogP contribution in [0.4, 0.5) is 0 Å². The van der Waals surface area contributed by atoms with Gasteiger partial charge in [-0.1, -0.05) is 27.7 Å². The molecule has 1 aromatic rings. The lowest BCUT2D eigenvalue weighted by Crippen LogP contribution is -2.17. The Labute approximate surface area is 109 Å². The number of methoxy groups -OCH3 is 1. The average Bonchev–Trinajstić information content (AvgIpc) is 3.05. The van der Waals surface area contributed by atoms with E-state index in [1.54, 1.807) is 7.11 Å². The van der Waals surface area contributed by atoms with Gasteiger partial charge in [0.25, 0.3) is 0 Å². The molecule has 3 heteroatoms. The van der Waals surface area contributed by atoms with E-state index >= 15 is 0 Å². The van der Waals surface area contributed by atoms with Gasteiger partial charge in [-0.15, -0.1) is 0 Å². The Bertz CT molecular complexity index is 517. The fourth-order valence-corrected chi connectivity index (χ4v) is 2.13. The molecule has 1 saturated carbocycles. The standard InChI is InChI=1S/C15H20N2O/c1-14(2,3)10-8-12(15(4)6-7-15)17-11(9-16)13(10)18-5/h8H,6-7H2,1-5H3. The second-order valence-corrected chi connectivity index (χ2v) is 6.36. The summed E-state index contributed by atoms with van der Waals surface area (Å²) < 4.78 is 5.40. The summed E-state index contributed by atoms with van der Waals surface area (Å²) in [4.78, 5) is 4.48. The van der Waals surface area contributed by atoms with Gasteiger partial charge < -0.3 is 4.74 Å². The summed E-state index contributed by atoms with van der Waals surface area (Å²) in [5.41, 5.74) is 2.62. The Morgan fingerprint density at radius 1 is 1.39 bits per heavy atom. The predicted molar refractivity (Wildman–Crippen MR) is 70.8 cm³/mol. The highest BCUT2D eigenvalue weighted by atomic mass is 16.5. The van der Waals surface area contributed by atoms with Gasteiger partial charge in [-0.05, 0) is 24.3 Å². The minimum atomic E-state index is -0.0557. The maximum atomic E-state index is 9.26. The first-order chi connectivity index (χ1) is 8.31. The highest BCUT2D eigenvalue weighted by Crippen LogP contribution is 2.48. The van der Waals surface area contributed by atoms with Crippen molar-refractivity contribution in [1.82, 2.24) is 4.98 Å². The molecule has 2 rings (SSSR count). The maximum absolute atomic E-state index is 9.26. The molecule has 1 aliphatic carbocycles. The third-order valence-corrected chi connectivity index (χ3v) is 3.71. The molecule has 18 heavy (non-hydrogen) atoms. The quantitative estimate of drug-likeness (QED) is 0.801. The molecule has 0 spiro atoms. The van der Waals surface area contributed by atoms with E-state index in [2.05, 4.69) is 44.8 Å². The second-order valence-electron chi connectivity index (χ2n) is 6.36. The molecular weight excluding hydrogens is 224 g/mol. The van der Waals surface area contributed by atoms with Gasteiger partial charge in [0, 0.05) is 16.7 Å². The Morgan fingerprint density at radius 2 is 2.00 bits per heavy atom. The molecule has 0 bridgehead atoms. The van der Waals surface area contributed by atoms with Crippen LogP contribution in [0.3, 0.4) is 0 Å². The molecule has 96 valence electrons. The molecule has 3 nitrogen and oxygen atoms in total.